The molecule has 0 aliphatic rings. The van der Waals surface area contributed by atoms with Crippen LogP contribution in [0, 0.1) is 0 Å². The van der Waals surface area contributed by atoms with Gasteiger partial charge in [-0.25, -0.2) is 4.98 Å². The highest BCUT2D eigenvalue weighted by atomic mass is 35.5. The average molecular weight is 299 g/mol. The molecule has 2 N–H and O–H groups in total. The van der Waals surface area contributed by atoms with E-state index in [4.69, 9.17) is 17.3 Å². The summed E-state index contributed by atoms with van der Waals surface area (Å²) >= 11 is 7.54. The molecule has 2 heterocycles. The number of nitrogens with two attached hydrogens (primary N) is 1. The Balaban J connectivity index is 2.26. The largest absolute Gasteiger partial charge is 0.443 e. The second-order valence-electron chi connectivity index (χ2n) is 3.19. The van der Waals surface area contributed by atoms with E-state index < -0.39 is 17.2 Å². The zero-order valence-corrected chi connectivity index (χ0v) is 10.6. The van der Waals surface area contributed by atoms with Gasteiger partial charge in [0.25, 0.3) is 0 Å². The van der Waals surface area contributed by atoms with Crippen molar-refractivity contribution in [2.75, 3.05) is 0 Å². The van der Waals surface area contributed by atoms with Crippen LogP contribution in [-0.2, 0) is 6.18 Å². The van der Waals surface area contributed by atoms with Gasteiger partial charge < -0.3 is 5.73 Å². The molecular formula is C9H6ClF3N2S2. The van der Waals surface area contributed by atoms with E-state index in [1.807, 2.05) is 0 Å². The number of aromatic nitrogens is 1. The molecule has 1 atom stereocenters. The summed E-state index contributed by atoms with van der Waals surface area (Å²) in [6.45, 7) is 0. The van der Waals surface area contributed by atoms with Crippen LogP contribution in [0.4, 0.5) is 13.2 Å². The third-order valence-electron chi connectivity index (χ3n) is 1.97. The number of thiazole rings is 1. The third-order valence-corrected chi connectivity index (χ3v) is 4.41. The molecule has 0 saturated carbocycles. The fourth-order valence-corrected chi connectivity index (χ4v) is 3.16. The molecule has 2 rings (SSSR count). The van der Waals surface area contributed by atoms with Crippen LogP contribution < -0.4 is 5.73 Å². The van der Waals surface area contributed by atoms with Gasteiger partial charge in [-0.3, -0.25) is 0 Å². The first-order valence-electron chi connectivity index (χ1n) is 4.41. The summed E-state index contributed by atoms with van der Waals surface area (Å²) in [6.07, 6.45) is -3.26. The number of thiophene rings is 1. The van der Waals surface area contributed by atoms with Crippen LogP contribution in [0.5, 0.6) is 0 Å². The lowest BCUT2D eigenvalue weighted by Crippen LogP contribution is -2.08. The zero-order valence-electron chi connectivity index (χ0n) is 8.16. The van der Waals surface area contributed by atoms with E-state index in [-0.39, 0.29) is 0 Å². The van der Waals surface area contributed by atoms with Crippen LogP contribution >= 0.6 is 34.3 Å². The Bertz CT molecular complexity index is 520. The summed E-state index contributed by atoms with van der Waals surface area (Å²) in [5.41, 5.74) is 5.84. The maximum absolute atomic E-state index is 12.4. The van der Waals surface area contributed by atoms with E-state index >= 15 is 0 Å². The van der Waals surface area contributed by atoms with Crippen LogP contribution in [0.3, 0.4) is 0 Å². The van der Waals surface area contributed by atoms with Gasteiger partial charge in [-0.1, -0.05) is 11.6 Å². The summed E-state index contributed by atoms with van der Waals surface area (Å²) in [6, 6.07) is 2.75. The van der Waals surface area contributed by atoms with Gasteiger partial charge in [-0.05, 0) is 12.1 Å². The maximum atomic E-state index is 12.4. The van der Waals surface area contributed by atoms with Crippen molar-refractivity contribution in [3.8, 4) is 0 Å². The van der Waals surface area contributed by atoms with Crippen molar-refractivity contribution in [2.45, 2.75) is 12.2 Å². The smallest absolute Gasteiger partial charge is 0.319 e. The van der Waals surface area contributed by atoms with E-state index in [9.17, 15) is 13.2 Å². The first kappa shape index (κ1) is 12.8. The van der Waals surface area contributed by atoms with Gasteiger partial charge in [0.2, 0.25) is 0 Å². The van der Waals surface area contributed by atoms with Crippen LogP contribution in [0.1, 0.15) is 20.8 Å². The minimum atomic E-state index is -4.42. The minimum absolute atomic E-state index is 0.371. The number of hydrogen-bond acceptors (Lipinski definition) is 4. The van der Waals surface area contributed by atoms with Crippen molar-refractivity contribution in [1.29, 1.82) is 0 Å². The number of halogens is 4. The Labute approximate surface area is 108 Å². The molecular weight excluding hydrogens is 293 g/mol. The van der Waals surface area contributed by atoms with Crippen molar-refractivity contribution in [3.05, 3.63) is 37.4 Å². The van der Waals surface area contributed by atoms with Crippen molar-refractivity contribution in [3.63, 3.8) is 0 Å². The number of nitrogens with zero attached hydrogens (tertiary/aromatic N) is 1. The monoisotopic (exact) mass is 298 g/mol. The van der Waals surface area contributed by atoms with E-state index in [2.05, 4.69) is 4.98 Å². The molecule has 0 fully saturated rings. The first-order valence-corrected chi connectivity index (χ1v) is 6.43. The van der Waals surface area contributed by atoms with Gasteiger partial charge in [0.1, 0.15) is 0 Å². The van der Waals surface area contributed by atoms with Gasteiger partial charge >= 0.3 is 6.18 Å². The number of alkyl halides is 3. The zero-order chi connectivity index (χ0) is 12.6. The SMILES string of the molecule is NC(c1ccc(Cl)s1)c1cnc(C(F)(F)F)s1. The second-order valence-corrected chi connectivity index (χ2v) is 5.99. The molecule has 0 radical (unpaired) electrons. The summed E-state index contributed by atoms with van der Waals surface area (Å²) in [4.78, 5) is 4.41. The molecule has 92 valence electrons. The highest BCUT2D eigenvalue weighted by Crippen LogP contribution is 2.37. The van der Waals surface area contributed by atoms with E-state index in [0.717, 1.165) is 6.20 Å². The lowest BCUT2D eigenvalue weighted by atomic mass is 10.2. The second kappa shape index (κ2) is 4.56. The average Bonchev–Trinajstić information content (AvgIpc) is 2.83. The fourth-order valence-electron chi connectivity index (χ4n) is 1.20. The van der Waals surface area contributed by atoms with Crippen LogP contribution in [0.25, 0.3) is 0 Å². The van der Waals surface area contributed by atoms with Crippen molar-refractivity contribution >= 4 is 34.3 Å². The summed E-state index contributed by atoms with van der Waals surface area (Å²) < 4.78 is 37.6. The summed E-state index contributed by atoms with van der Waals surface area (Å²) in [5, 5.41) is -0.884. The summed E-state index contributed by atoms with van der Waals surface area (Å²) in [5.74, 6) is 0. The van der Waals surface area contributed by atoms with Crippen LogP contribution in [-0.4, -0.2) is 4.98 Å². The van der Waals surface area contributed by atoms with Crippen LogP contribution in [0.2, 0.25) is 4.34 Å². The Morgan fingerprint density at radius 3 is 2.41 bits per heavy atom. The Kier molecular flexibility index (Phi) is 3.44. The number of rotatable bonds is 2. The molecule has 0 aliphatic heterocycles. The number of hydrogen-bond donors (Lipinski definition) is 1. The van der Waals surface area contributed by atoms with E-state index in [1.54, 1.807) is 12.1 Å². The highest BCUT2D eigenvalue weighted by Gasteiger charge is 2.35. The Morgan fingerprint density at radius 2 is 1.94 bits per heavy atom. The molecule has 8 heteroatoms. The first-order chi connectivity index (χ1) is 7.88. The van der Waals surface area contributed by atoms with E-state index in [1.165, 1.54) is 11.3 Å². The highest BCUT2D eigenvalue weighted by molar-refractivity contribution is 7.16. The van der Waals surface area contributed by atoms with Gasteiger partial charge in [0, 0.05) is 16.0 Å². The van der Waals surface area contributed by atoms with Crippen molar-refractivity contribution in [2.24, 2.45) is 5.73 Å². The van der Waals surface area contributed by atoms with Crippen molar-refractivity contribution in [1.82, 2.24) is 4.98 Å². The Morgan fingerprint density at radius 1 is 1.24 bits per heavy atom. The topological polar surface area (TPSA) is 38.9 Å². The fraction of sp³-hybridized carbons (Fsp3) is 0.222. The lowest BCUT2D eigenvalue weighted by Gasteiger charge is -2.05. The minimum Gasteiger partial charge on any atom is -0.319 e. The molecule has 0 bridgehead atoms. The Hall–Kier alpha value is -0.630. The maximum Gasteiger partial charge on any atom is 0.443 e. The predicted molar refractivity (Wildman–Crippen MR) is 62.5 cm³/mol. The van der Waals surface area contributed by atoms with Gasteiger partial charge in [-0.15, -0.1) is 22.7 Å². The molecule has 2 aromatic rings. The van der Waals surface area contributed by atoms with Gasteiger partial charge in [-0.2, -0.15) is 13.2 Å². The summed E-state index contributed by atoms with van der Waals surface area (Å²) in [7, 11) is 0. The van der Waals surface area contributed by atoms with Crippen LogP contribution in [0.15, 0.2) is 18.3 Å². The van der Waals surface area contributed by atoms with Crippen molar-refractivity contribution < 1.29 is 13.2 Å². The molecule has 0 amide bonds. The molecule has 0 spiro atoms. The molecule has 0 saturated heterocycles. The molecule has 2 nitrogen and oxygen atoms in total. The molecule has 1 unspecified atom stereocenters. The molecule has 2 aromatic heterocycles. The van der Waals surface area contributed by atoms with Gasteiger partial charge in [0.15, 0.2) is 5.01 Å². The third kappa shape index (κ3) is 2.79. The molecule has 17 heavy (non-hydrogen) atoms. The van der Waals surface area contributed by atoms with Gasteiger partial charge in [0.05, 0.1) is 10.4 Å². The molecule has 0 aromatic carbocycles. The van der Waals surface area contributed by atoms with E-state index in [0.29, 0.717) is 25.4 Å². The normalized spacial score (nSPS) is 13.9. The predicted octanol–water partition coefficient (Wildman–Crippen LogP) is 3.92. The quantitative estimate of drug-likeness (QED) is 0.912. The lowest BCUT2D eigenvalue weighted by molar-refractivity contribution is -0.137. The standard InChI is InChI=1S/C9H6ClF3N2S2/c10-6-2-1-4(16-6)7(14)5-3-15-8(17-5)9(11,12)13/h1-3,7H,14H2. The molecule has 0 aliphatic carbocycles.